The summed E-state index contributed by atoms with van der Waals surface area (Å²) in [6.07, 6.45) is 3.70. The number of hydrogen-bond donors (Lipinski definition) is 1. The molecule has 1 atom stereocenters. The quantitative estimate of drug-likeness (QED) is 0.476. The Labute approximate surface area is 103 Å². The molecule has 0 aliphatic heterocycles. The van der Waals surface area contributed by atoms with Crippen molar-refractivity contribution in [3.63, 3.8) is 0 Å². The molecule has 96 valence electrons. The third-order valence-corrected chi connectivity index (χ3v) is 3.57. The number of thioether (sulfide) groups is 1. The van der Waals surface area contributed by atoms with E-state index in [-0.39, 0.29) is 12.6 Å². The monoisotopic (exact) mass is 248 g/mol. The summed E-state index contributed by atoms with van der Waals surface area (Å²) in [6, 6.07) is 0. The fourth-order valence-corrected chi connectivity index (χ4v) is 2.30. The lowest BCUT2D eigenvalue weighted by atomic mass is 10.2. The number of aliphatic hydroxyl groups is 1. The summed E-state index contributed by atoms with van der Waals surface area (Å²) in [5, 5.41) is 8.82. The predicted octanol–water partition coefficient (Wildman–Crippen LogP) is 2.47. The van der Waals surface area contributed by atoms with E-state index in [1.807, 2.05) is 25.6 Å². The first kappa shape index (κ1) is 15.8. The molecule has 0 aromatic heterocycles. The van der Waals surface area contributed by atoms with E-state index in [0.29, 0.717) is 18.9 Å². The molecule has 0 aromatic rings. The first-order valence-corrected chi connectivity index (χ1v) is 7.20. The van der Waals surface area contributed by atoms with Crippen LogP contribution in [0.15, 0.2) is 0 Å². The topological polar surface area (TPSA) is 46.5 Å². The van der Waals surface area contributed by atoms with Crippen molar-refractivity contribution in [1.29, 1.82) is 0 Å². The van der Waals surface area contributed by atoms with Gasteiger partial charge in [0.05, 0.1) is 6.61 Å². The average molecular weight is 248 g/mol. The molecule has 0 saturated heterocycles. The number of ether oxygens (including phenoxy) is 1. The van der Waals surface area contributed by atoms with Crippen LogP contribution in [0.25, 0.3) is 0 Å². The molecule has 0 saturated carbocycles. The molecule has 0 fully saturated rings. The van der Waals surface area contributed by atoms with Gasteiger partial charge in [-0.25, -0.2) is 0 Å². The normalized spacial score (nSPS) is 12.4. The number of esters is 1. The minimum absolute atomic E-state index is 0.0796. The highest BCUT2D eigenvalue weighted by molar-refractivity contribution is 7.99. The van der Waals surface area contributed by atoms with Crippen molar-refractivity contribution < 1.29 is 14.6 Å². The molecule has 1 unspecified atom stereocenters. The molecule has 1 N–H and O–H groups in total. The van der Waals surface area contributed by atoms with Crippen molar-refractivity contribution in [1.82, 2.24) is 0 Å². The summed E-state index contributed by atoms with van der Waals surface area (Å²) in [5.74, 6) is 2.45. The number of carbonyl (C=O) groups excluding carboxylic acids is 1. The summed E-state index contributed by atoms with van der Waals surface area (Å²) in [4.78, 5) is 11.0. The predicted molar refractivity (Wildman–Crippen MR) is 68.7 cm³/mol. The van der Waals surface area contributed by atoms with Crippen LogP contribution < -0.4 is 0 Å². The van der Waals surface area contributed by atoms with Gasteiger partial charge in [0.2, 0.25) is 0 Å². The zero-order chi connectivity index (χ0) is 12.2. The van der Waals surface area contributed by atoms with Crippen LogP contribution in [0.3, 0.4) is 0 Å². The molecule has 0 amide bonds. The fourth-order valence-electron chi connectivity index (χ4n) is 1.22. The Bertz CT molecular complexity index is 174. The summed E-state index contributed by atoms with van der Waals surface area (Å²) in [6.45, 7) is 4.63. The first-order chi connectivity index (χ1) is 7.70. The van der Waals surface area contributed by atoms with E-state index in [2.05, 4.69) is 0 Å². The summed E-state index contributed by atoms with van der Waals surface area (Å²) < 4.78 is 4.84. The number of hydrogen-bond acceptors (Lipinski definition) is 4. The maximum absolute atomic E-state index is 11.0. The smallest absolute Gasteiger partial charge is 0.305 e. The van der Waals surface area contributed by atoms with E-state index in [0.717, 1.165) is 30.8 Å². The minimum Gasteiger partial charge on any atom is -0.466 e. The molecule has 3 nitrogen and oxygen atoms in total. The Morgan fingerprint density at radius 2 is 2.12 bits per heavy atom. The lowest BCUT2D eigenvalue weighted by molar-refractivity contribution is -0.143. The van der Waals surface area contributed by atoms with Gasteiger partial charge in [-0.05, 0) is 37.2 Å². The molecular formula is C12H24O3S. The molecule has 0 aliphatic carbocycles. The molecule has 0 bridgehead atoms. The zero-order valence-corrected chi connectivity index (χ0v) is 11.2. The third-order valence-electron chi connectivity index (χ3n) is 2.19. The molecule has 0 radical (unpaired) electrons. The maximum Gasteiger partial charge on any atom is 0.305 e. The summed E-state index contributed by atoms with van der Waals surface area (Å²) >= 11 is 1.88. The van der Waals surface area contributed by atoms with E-state index < -0.39 is 0 Å². The lowest BCUT2D eigenvalue weighted by Crippen LogP contribution is -2.04. The van der Waals surface area contributed by atoms with Crippen molar-refractivity contribution in [3.8, 4) is 0 Å². The van der Waals surface area contributed by atoms with E-state index in [4.69, 9.17) is 9.84 Å². The highest BCUT2D eigenvalue weighted by atomic mass is 32.2. The standard InChI is InChI=1S/C12H24O3S/c1-3-15-12(14)7-5-4-6-8-16-10-11(2)9-13/h11,13H,3-10H2,1-2H3. The number of rotatable bonds is 10. The second-order valence-electron chi connectivity index (χ2n) is 3.98. The van der Waals surface area contributed by atoms with E-state index in [1.54, 1.807) is 0 Å². The van der Waals surface area contributed by atoms with Gasteiger partial charge in [0.1, 0.15) is 0 Å². The average Bonchev–Trinajstić information content (AvgIpc) is 2.27. The third kappa shape index (κ3) is 10.3. The van der Waals surface area contributed by atoms with Crippen LogP contribution in [0, 0.1) is 5.92 Å². The molecule has 0 aliphatic rings. The van der Waals surface area contributed by atoms with Crippen molar-refractivity contribution in [2.24, 2.45) is 5.92 Å². The van der Waals surface area contributed by atoms with Crippen molar-refractivity contribution in [2.45, 2.75) is 39.5 Å². The second kappa shape index (κ2) is 11.3. The SMILES string of the molecule is CCOC(=O)CCCCCSCC(C)CO. The Balaban J connectivity index is 3.12. The van der Waals surface area contributed by atoms with Gasteiger partial charge in [0, 0.05) is 13.0 Å². The largest absolute Gasteiger partial charge is 0.466 e. The molecule has 0 spiro atoms. The molecule has 16 heavy (non-hydrogen) atoms. The van der Waals surface area contributed by atoms with Crippen LogP contribution in [0.1, 0.15) is 39.5 Å². The second-order valence-corrected chi connectivity index (χ2v) is 5.13. The molecular weight excluding hydrogens is 224 g/mol. The Morgan fingerprint density at radius 3 is 2.75 bits per heavy atom. The summed E-state index contributed by atoms with van der Waals surface area (Å²) in [7, 11) is 0. The van der Waals surface area contributed by atoms with Crippen LogP contribution in [-0.4, -0.2) is 35.8 Å². The van der Waals surface area contributed by atoms with E-state index >= 15 is 0 Å². The van der Waals surface area contributed by atoms with Gasteiger partial charge in [-0.3, -0.25) is 4.79 Å². The number of aliphatic hydroxyl groups excluding tert-OH is 1. The molecule has 4 heteroatoms. The van der Waals surface area contributed by atoms with Gasteiger partial charge < -0.3 is 9.84 Å². The van der Waals surface area contributed by atoms with Crippen LogP contribution in [-0.2, 0) is 9.53 Å². The number of carbonyl (C=O) groups is 1. The van der Waals surface area contributed by atoms with Crippen LogP contribution in [0.4, 0.5) is 0 Å². The van der Waals surface area contributed by atoms with Crippen LogP contribution in [0.2, 0.25) is 0 Å². The highest BCUT2D eigenvalue weighted by Crippen LogP contribution is 2.11. The van der Waals surface area contributed by atoms with Gasteiger partial charge >= 0.3 is 5.97 Å². The molecule has 0 heterocycles. The van der Waals surface area contributed by atoms with E-state index in [1.165, 1.54) is 0 Å². The van der Waals surface area contributed by atoms with Crippen LogP contribution in [0.5, 0.6) is 0 Å². The Morgan fingerprint density at radius 1 is 1.38 bits per heavy atom. The van der Waals surface area contributed by atoms with Crippen molar-refractivity contribution >= 4 is 17.7 Å². The van der Waals surface area contributed by atoms with Gasteiger partial charge in [0.15, 0.2) is 0 Å². The van der Waals surface area contributed by atoms with E-state index in [9.17, 15) is 4.79 Å². The Kier molecular flexibility index (Phi) is 11.1. The van der Waals surface area contributed by atoms with Gasteiger partial charge in [-0.2, -0.15) is 11.8 Å². The Hall–Kier alpha value is -0.220. The highest BCUT2D eigenvalue weighted by Gasteiger charge is 2.01. The summed E-state index contributed by atoms with van der Waals surface area (Å²) in [5.41, 5.74) is 0. The van der Waals surface area contributed by atoms with Crippen molar-refractivity contribution in [3.05, 3.63) is 0 Å². The molecule has 0 rings (SSSR count). The fraction of sp³-hybridized carbons (Fsp3) is 0.917. The molecule has 0 aromatic carbocycles. The van der Waals surface area contributed by atoms with Gasteiger partial charge in [-0.15, -0.1) is 0 Å². The maximum atomic E-state index is 11.0. The van der Waals surface area contributed by atoms with Gasteiger partial charge in [-0.1, -0.05) is 13.3 Å². The zero-order valence-electron chi connectivity index (χ0n) is 10.4. The first-order valence-electron chi connectivity index (χ1n) is 6.05. The van der Waals surface area contributed by atoms with Gasteiger partial charge in [0.25, 0.3) is 0 Å². The van der Waals surface area contributed by atoms with Crippen molar-refractivity contribution in [2.75, 3.05) is 24.7 Å². The van der Waals surface area contributed by atoms with Crippen LogP contribution >= 0.6 is 11.8 Å². The number of unbranched alkanes of at least 4 members (excludes halogenated alkanes) is 2. The minimum atomic E-state index is -0.0796. The lowest BCUT2D eigenvalue weighted by Gasteiger charge is -2.06.